The maximum atomic E-state index is 13.2. The van der Waals surface area contributed by atoms with Crippen LogP contribution in [-0.4, -0.2) is 51.8 Å². The Labute approximate surface area is 150 Å². The Morgan fingerprint density at radius 2 is 1.48 bits per heavy atom. The third kappa shape index (κ3) is 3.19. The first kappa shape index (κ1) is 18.7. The van der Waals surface area contributed by atoms with E-state index in [0.717, 1.165) is 24.0 Å². The molecule has 0 radical (unpaired) electrons. The van der Waals surface area contributed by atoms with E-state index in [9.17, 15) is 16.8 Å². The molecule has 2 unspecified atom stereocenters. The highest BCUT2D eigenvalue weighted by molar-refractivity contribution is 7.91. The van der Waals surface area contributed by atoms with Gasteiger partial charge in [0.15, 0.2) is 0 Å². The molecule has 2 bridgehead atoms. The number of methoxy groups -OCH3 is 1. The summed E-state index contributed by atoms with van der Waals surface area (Å²) in [6.07, 6.45) is 3.48. The summed E-state index contributed by atoms with van der Waals surface area (Å²) in [7, 11) is -5.23. The number of hydrogen-bond acceptors (Lipinski definition) is 5. The van der Waals surface area contributed by atoms with Crippen molar-refractivity contribution in [2.45, 2.75) is 61.8 Å². The predicted octanol–water partition coefficient (Wildman–Crippen LogP) is 2.04. The fourth-order valence-corrected chi connectivity index (χ4v) is 7.54. The Hall–Kier alpha value is -1.12. The zero-order chi connectivity index (χ0) is 18.6. The Kier molecular flexibility index (Phi) is 4.66. The van der Waals surface area contributed by atoms with E-state index in [1.54, 1.807) is 23.5 Å². The number of sulfonamides is 1. The maximum absolute atomic E-state index is 13.2. The number of aryl methyl sites for hydroxylation is 2. The molecule has 140 valence electrons. The van der Waals surface area contributed by atoms with Crippen LogP contribution in [0.15, 0.2) is 17.0 Å². The van der Waals surface area contributed by atoms with E-state index < -0.39 is 25.1 Å². The lowest BCUT2D eigenvalue weighted by atomic mass is 10.1. The van der Waals surface area contributed by atoms with Crippen LogP contribution in [-0.2, 0) is 19.9 Å². The van der Waals surface area contributed by atoms with Gasteiger partial charge in [-0.1, -0.05) is 0 Å². The maximum Gasteiger partial charge on any atom is 0.243 e. The average Bonchev–Trinajstić information content (AvgIpc) is 2.77. The van der Waals surface area contributed by atoms with Gasteiger partial charge >= 0.3 is 0 Å². The normalized spacial score (nSPS) is 27.4. The van der Waals surface area contributed by atoms with Crippen molar-refractivity contribution in [1.29, 1.82) is 0 Å². The quantitative estimate of drug-likeness (QED) is 0.790. The number of benzene rings is 1. The summed E-state index contributed by atoms with van der Waals surface area (Å²) >= 11 is 0. The molecule has 3 rings (SSSR count). The van der Waals surface area contributed by atoms with E-state index in [0.29, 0.717) is 18.6 Å². The second-order valence-corrected chi connectivity index (χ2v) is 11.4. The van der Waals surface area contributed by atoms with Crippen molar-refractivity contribution in [3.63, 3.8) is 0 Å². The van der Waals surface area contributed by atoms with Gasteiger partial charge < -0.3 is 4.74 Å². The summed E-state index contributed by atoms with van der Waals surface area (Å²) in [5.41, 5.74) is 1.55. The molecule has 1 aromatic carbocycles. The molecule has 2 heterocycles. The smallest absolute Gasteiger partial charge is 0.243 e. The van der Waals surface area contributed by atoms with Gasteiger partial charge in [-0.2, -0.15) is 4.31 Å². The molecule has 0 spiro atoms. The minimum absolute atomic E-state index is 0.230. The van der Waals surface area contributed by atoms with Gasteiger partial charge in [-0.25, -0.2) is 16.8 Å². The second kappa shape index (κ2) is 6.25. The average molecular weight is 388 g/mol. The molecule has 25 heavy (non-hydrogen) atoms. The van der Waals surface area contributed by atoms with Crippen LogP contribution in [0.4, 0.5) is 0 Å². The molecule has 0 N–H and O–H groups in total. The molecule has 0 aliphatic carbocycles. The fraction of sp³-hybridized carbons (Fsp3) is 0.647. The second-order valence-electron chi connectivity index (χ2n) is 7.23. The van der Waals surface area contributed by atoms with Crippen molar-refractivity contribution in [2.24, 2.45) is 0 Å². The third-order valence-electron chi connectivity index (χ3n) is 5.44. The molecule has 2 aliphatic rings. The number of rotatable bonds is 4. The molecular formula is C17H25NO5S2. The molecule has 0 aromatic heterocycles. The number of nitrogens with zero attached hydrogens (tertiary/aromatic N) is 1. The van der Waals surface area contributed by atoms with Crippen LogP contribution in [0.1, 0.15) is 36.8 Å². The Bertz CT molecular complexity index is 855. The van der Waals surface area contributed by atoms with Crippen molar-refractivity contribution in [3.05, 3.63) is 23.3 Å². The van der Waals surface area contributed by atoms with Gasteiger partial charge in [-0.3, -0.25) is 0 Å². The monoisotopic (exact) mass is 387 g/mol. The van der Waals surface area contributed by atoms with E-state index >= 15 is 0 Å². The summed E-state index contributed by atoms with van der Waals surface area (Å²) in [4.78, 5) is 0.262. The Morgan fingerprint density at radius 1 is 1.00 bits per heavy atom. The number of sulfone groups is 1. The summed E-state index contributed by atoms with van der Waals surface area (Å²) < 4.78 is 57.2. The molecular weight excluding hydrogens is 362 g/mol. The SMILES string of the molecule is COc1c(C)cc(S(=O)(=O)N2C3CCC2CC(S(C)(=O)=O)C3)cc1C. The van der Waals surface area contributed by atoms with Gasteiger partial charge in [0.2, 0.25) is 10.0 Å². The topological polar surface area (TPSA) is 80.8 Å². The molecule has 2 aliphatic heterocycles. The van der Waals surface area contributed by atoms with Crippen molar-refractivity contribution in [1.82, 2.24) is 4.31 Å². The lowest BCUT2D eigenvalue weighted by Gasteiger charge is -2.37. The van der Waals surface area contributed by atoms with Crippen molar-refractivity contribution >= 4 is 19.9 Å². The lowest BCUT2D eigenvalue weighted by molar-refractivity contribution is 0.249. The zero-order valence-electron chi connectivity index (χ0n) is 15.0. The highest BCUT2D eigenvalue weighted by Gasteiger charge is 2.49. The zero-order valence-corrected chi connectivity index (χ0v) is 16.7. The van der Waals surface area contributed by atoms with Gasteiger partial charge in [-0.05, 0) is 62.8 Å². The van der Waals surface area contributed by atoms with Crippen LogP contribution in [0.2, 0.25) is 0 Å². The lowest BCUT2D eigenvalue weighted by Crippen LogP contribution is -2.49. The van der Waals surface area contributed by atoms with Crippen LogP contribution in [0.25, 0.3) is 0 Å². The Balaban J connectivity index is 1.97. The van der Waals surface area contributed by atoms with Crippen LogP contribution in [0, 0.1) is 13.8 Å². The first-order valence-corrected chi connectivity index (χ1v) is 11.8. The van der Waals surface area contributed by atoms with Crippen molar-refractivity contribution in [3.8, 4) is 5.75 Å². The van der Waals surface area contributed by atoms with E-state index in [-0.39, 0.29) is 17.0 Å². The number of hydrogen-bond donors (Lipinski definition) is 0. The summed E-state index contributed by atoms with van der Waals surface area (Å²) in [5.74, 6) is 0.692. The molecule has 2 saturated heterocycles. The summed E-state index contributed by atoms with van der Waals surface area (Å²) in [5, 5.41) is -0.434. The standard InChI is InChI=1S/C17H25NO5S2/c1-11-7-16(8-12(2)17(11)23-3)25(21,22)18-13-5-6-14(18)10-15(9-13)24(4,19)20/h7-8,13-15H,5-6,9-10H2,1-4H3. The summed E-state index contributed by atoms with van der Waals surface area (Å²) in [6, 6.07) is 2.82. The predicted molar refractivity (Wildman–Crippen MR) is 96.2 cm³/mol. The van der Waals surface area contributed by atoms with Gasteiger partial charge in [0, 0.05) is 18.3 Å². The molecule has 0 saturated carbocycles. The minimum atomic E-state index is -3.65. The minimum Gasteiger partial charge on any atom is -0.496 e. The molecule has 6 nitrogen and oxygen atoms in total. The number of fused-ring (bicyclic) bond motifs is 2. The van der Waals surface area contributed by atoms with Gasteiger partial charge in [0.1, 0.15) is 15.6 Å². The van der Waals surface area contributed by atoms with Crippen LogP contribution >= 0.6 is 0 Å². The van der Waals surface area contributed by atoms with E-state index in [1.165, 1.54) is 6.26 Å². The van der Waals surface area contributed by atoms with E-state index in [4.69, 9.17) is 4.74 Å². The first-order chi connectivity index (χ1) is 11.6. The summed E-state index contributed by atoms with van der Waals surface area (Å²) in [6.45, 7) is 3.66. The number of piperidine rings is 1. The third-order valence-corrected chi connectivity index (χ3v) is 9.02. The van der Waals surface area contributed by atoms with E-state index in [1.807, 2.05) is 13.8 Å². The Morgan fingerprint density at radius 3 is 1.88 bits per heavy atom. The highest BCUT2D eigenvalue weighted by atomic mass is 32.2. The molecule has 2 fully saturated rings. The van der Waals surface area contributed by atoms with Crippen molar-refractivity contribution in [2.75, 3.05) is 13.4 Å². The fourth-order valence-electron chi connectivity index (χ4n) is 4.33. The molecule has 0 amide bonds. The van der Waals surface area contributed by atoms with Crippen LogP contribution in [0.3, 0.4) is 0 Å². The van der Waals surface area contributed by atoms with Gasteiger partial charge in [-0.15, -0.1) is 0 Å². The van der Waals surface area contributed by atoms with Gasteiger partial charge in [0.25, 0.3) is 0 Å². The first-order valence-electron chi connectivity index (χ1n) is 8.43. The van der Waals surface area contributed by atoms with E-state index in [2.05, 4.69) is 0 Å². The molecule has 2 atom stereocenters. The molecule has 1 aromatic rings. The van der Waals surface area contributed by atoms with Crippen LogP contribution in [0.5, 0.6) is 5.75 Å². The van der Waals surface area contributed by atoms with Crippen LogP contribution < -0.4 is 4.74 Å². The van der Waals surface area contributed by atoms with Crippen molar-refractivity contribution < 1.29 is 21.6 Å². The largest absolute Gasteiger partial charge is 0.496 e. The molecule has 8 heteroatoms. The highest BCUT2D eigenvalue weighted by Crippen LogP contribution is 2.42. The number of ether oxygens (including phenoxy) is 1. The van der Waals surface area contributed by atoms with Gasteiger partial charge in [0.05, 0.1) is 17.3 Å².